The summed E-state index contributed by atoms with van der Waals surface area (Å²) in [5.41, 5.74) is 2.78. The Kier molecular flexibility index (Phi) is 3.03. The van der Waals surface area contributed by atoms with Crippen LogP contribution in [0, 0.1) is 28.1 Å². The molecule has 0 aliphatic heterocycles. The molecular weight excluding hydrogens is 222 g/mol. The molecule has 98 valence electrons. The van der Waals surface area contributed by atoms with Crippen molar-refractivity contribution < 1.29 is 0 Å². The Morgan fingerprint density at radius 3 is 2.39 bits per heavy atom. The lowest BCUT2D eigenvalue weighted by Crippen LogP contribution is -2.18. The van der Waals surface area contributed by atoms with E-state index in [2.05, 4.69) is 39.1 Å². The smallest absolute Gasteiger partial charge is 0.120 e. The SMILES string of the molecule is Cn1cc(CNCC2C(C)(C)C2(C)C)cc1C#N. The van der Waals surface area contributed by atoms with E-state index in [0.29, 0.717) is 10.8 Å². The van der Waals surface area contributed by atoms with Crippen LogP contribution in [0.5, 0.6) is 0 Å². The number of nitriles is 1. The minimum atomic E-state index is 0.439. The molecule has 18 heavy (non-hydrogen) atoms. The molecule has 1 N–H and O–H groups in total. The fraction of sp³-hybridized carbons (Fsp3) is 0.667. The number of aromatic nitrogens is 1. The third kappa shape index (κ3) is 1.95. The van der Waals surface area contributed by atoms with E-state index >= 15 is 0 Å². The highest BCUT2D eigenvalue weighted by molar-refractivity contribution is 5.28. The van der Waals surface area contributed by atoms with Gasteiger partial charge in [0.1, 0.15) is 11.8 Å². The standard InChI is InChI=1S/C15H23N3/c1-14(2)13(15(14,3)4)9-17-8-11-6-12(7-16)18(5)10-11/h6,10,13,17H,8-9H2,1-5H3. The number of hydrogen-bond donors (Lipinski definition) is 1. The highest BCUT2D eigenvalue weighted by Gasteiger charge is 2.63. The Morgan fingerprint density at radius 1 is 1.33 bits per heavy atom. The van der Waals surface area contributed by atoms with Crippen LogP contribution in [0.1, 0.15) is 39.0 Å². The van der Waals surface area contributed by atoms with Gasteiger partial charge in [0.15, 0.2) is 0 Å². The van der Waals surface area contributed by atoms with Gasteiger partial charge in [0, 0.05) is 19.8 Å². The van der Waals surface area contributed by atoms with Crippen LogP contribution in [-0.4, -0.2) is 11.1 Å². The van der Waals surface area contributed by atoms with Gasteiger partial charge >= 0.3 is 0 Å². The van der Waals surface area contributed by atoms with E-state index in [1.165, 1.54) is 5.56 Å². The molecule has 2 rings (SSSR count). The van der Waals surface area contributed by atoms with Crippen LogP contribution in [0.15, 0.2) is 12.3 Å². The molecule has 1 fully saturated rings. The van der Waals surface area contributed by atoms with Crippen molar-refractivity contribution >= 4 is 0 Å². The summed E-state index contributed by atoms with van der Waals surface area (Å²) in [5, 5.41) is 12.4. The van der Waals surface area contributed by atoms with E-state index in [0.717, 1.165) is 24.7 Å². The molecule has 0 amide bonds. The van der Waals surface area contributed by atoms with Crippen LogP contribution in [0.4, 0.5) is 0 Å². The van der Waals surface area contributed by atoms with Gasteiger partial charge in [0.05, 0.1) is 0 Å². The molecule has 0 spiro atoms. The fourth-order valence-corrected chi connectivity index (χ4v) is 3.05. The van der Waals surface area contributed by atoms with Crippen molar-refractivity contribution in [3.63, 3.8) is 0 Å². The minimum Gasteiger partial charge on any atom is -0.342 e. The molecule has 3 nitrogen and oxygen atoms in total. The molecule has 0 unspecified atom stereocenters. The predicted molar refractivity (Wildman–Crippen MR) is 72.9 cm³/mol. The summed E-state index contributed by atoms with van der Waals surface area (Å²) in [7, 11) is 1.91. The van der Waals surface area contributed by atoms with Crippen molar-refractivity contribution in [2.45, 2.75) is 34.2 Å². The average Bonchev–Trinajstić information content (AvgIpc) is 2.61. The summed E-state index contributed by atoms with van der Waals surface area (Å²) in [6, 6.07) is 4.14. The third-order valence-electron chi connectivity index (χ3n) is 5.17. The molecule has 1 saturated carbocycles. The summed E-state index contributed by atoms with van der Waals surface area (Å²) in [5.74, 6) is 0.740. The van der Waals surface area contributed by atoms with E-state index < -0.39 is 0 Å². The first-order valence-corrected chi connectivity index (χ1v) is 6.56. The van der Waals surface area contributed by atoms with Crippen molar-refractivity contribution in [1.29, 1.82) is 5.26 Å². The maximum Gasteiger partial charge on any atom is 0.120 e. The molecule has 1 aliphatic carbocycles. The lowest BCUT2D eigenvalue weighted by molar-refractivity contribution is 0.457. The molecule has 0 bridgehead atoms. The van der Waals surface area contributed by atoms with Gasteiger partial charge in [-0.15, -0.1) is 0 Å². The molecule has 0 aromatic carbocycles. The highest BCUT2D eigenvalue weighted by atomic mass is 14.9. The van der Waals surface area contributed by atoms with Crippen molar-refractivity contribution in [2.24, 2.45) is 23.8 Å². The predicted octanol–water partition coefficient (Wildman–Crippen LogP) is 2.67. The maximum absolute atomic E-state index is 8.90. The maximum atomic E-state index is 8.90. The molecule has 1 aromatic rings. The molecule has 3 heteroatoms. The van der Waals surface area contributed by atoms with Crippen LogP contribution in [0.2, 0.25) is 0 Å². The largest absolute Gasteiger partial charge is 0.342 e. The monoisotopic (exact) mass is 245 g/mol. The number of nitrogens with zero attached hydrogens (tertiary/aromatic N) is 2. The fourth-order valence-electron chi connectivity index (χ4n) is 3.05. The van der Waals surface area contributed by atoms with Crippen molar-refractivity contribution in [1.82, 2.24) is 9.88 Å². The Hall–Kier alpha value is -1.27. The lowest BCUT2D eigenvalue weighted by atomic mass is 10.0. The van der Waals surface area contributed by atoms with E-state index in [1.807, 2.05) is 23.9 Å². The van der Waals surface area contributed by atoms with Crippen LogP contribution in [0.25, 0.3) is 0 Å². The second-order valence-corrected chi connectivity index (χ2v) is 6.58. The topological polar surface area (TPSA) is 40.8 Å². The first kappa shape index (κ1) is 13.2. The molecule has 1 aromatic heterocycles. The van der Waals surface area contributed by atoms with Gasteiger partial charge in [-0.1, -0.05) is 27.7 Å². The first-order chi connectivity index (χ1) is 8.30. The quantitative estimate of drug-likeness (QED) is 0.886. The van der Waals surface area contributed by atoms with Gasteiger partial charge in [0.25, 0.3) is 0 Å². The van der Waals surface area contributed by atoms with E-state index in [9.17, 15) is 0 Å². The van der Waals surface area contributed by atoms with Gasteiger partial charge in [-0.3, -0.25) is 0 Å². The molecular formula is C15H23N3. The first-order valence-electron chi connectivity index (χ1n) is 6.56. The molecule has 0 saturated heterocycles. The van der Waals surface area contributed by atoms with Gasteiger partial charge in [-0.25, -0.2) is 0 Å². The van der Waals surface area contributed by atoms with E-state index in [4.69, 9.17) is 5.26 Å². The van der Waals surface area contributed by atoms with Gasteiger partial charge in [-0.2, -0.15) is 5.26 Å². The Bertz CT molecular complexity index is 474. The van der Waals surface area contributed by atoms with E-state index in [1.54, 1.807) is 0 Å². The van der Waals surface area contributed by atoms with Crippen molar-refractivity contribution in [2.75, 3.05) is 6.54 Å². The zero-order valence-corrected chi connectivity index (χ0v) is 12.0. The van der Waals surface area contributed by atoms with Crippen LogP contribution < -0.4 is 5.32 Å². The van der Waals surface area contributed by atoms with Gasteiger partial charge in [-0.05, 0) is 34.9 Å². The normalized spacial score (nSPS) is 20.7. The van der Waals surface area contributed by atoms with Crippen LogP contribution in [0.3, 0.4) is 0 Å². The molecule has 1 heterocycles. The second kappa shape index (κ2) is 4.13. The molecule has 0 radical (unpaired) electrons. The number of aryl methyl sites for hydroxylation is 1. The molecule has 1 aliphatic rings. The summed E-state index contributed by atoms with van der Waals surface area (Å²) in [6.45, 7) is 11.3. The second-order valence-electron chi connectivity index (χ2n) is 6.58. The summed E-state index contributed by atoms with van der Waals surface area (Å²) in [6.07, 6.45) is 2.02. The summed E-state index contributed by atoms with van der Waals surface area (Å²) in [4.78, 5) is 0. The number of hydrogen-bond acceptors (Lipinski definition) is 2. The van der Waals surface area contributed by atoms with Crippen molar-refractivity contribution in [3.05, 3.63) is 23.5 Å². The Labute approximate surface area is 110 Å². The zero-order valence-electron chi connectivity index (χ0n) is 12.0. The van der Waals surface area contributed by atoms with Gasteiger partial charge < -0.3 is 9.88 Å². The van der Waals surface area contributed by atoms with E-state index in [-0.39, 0.29) is 0 Å². The van der Waals surface area contributed by atoms with Gasteiger partial charge in [0.2, 0.25) is 0 Å². The summed E-state index contributed by atoms with van der Waals surface area (Å²) >= 11 is 0. The average molecular weight is 245 g/mol. The number of rotatable bonds is 4. The third-order valence-corrected chi connectivity index (χ3v) is 5.17. The lowest BCUT2D eigenvalue weighted by Gasteiger charge is -2.04. The Morgan fingerprint density at radius 2 is 1.94 bits per heavy atom. The van der Waals surface area contributed by atoms with Crippen molar-refractivity contribution in [3.8, 4) is 6.07 Å². The highest BCUT2D eigenvalue weighted by Crippen LogP contribution is 2.67. The zero-order chi connectivity index (χ0) is 13.6. The van der Waals surface area contributed by atoms with Crippen LogP contribution in [-0.2, 0) is 13.6 Å². The molecule has 0 atom stereocenters. The minimum absolute atomic E-state index is 0.439. The number of nitrogens with one attached hydrogen (secondary N) is 1. The van der Waals surface area contributed by atoms with Crippen LogP contribution >= 0.6 is 0 Å². The Balaban J connectivity index is 1.85. The summed E-state index contributed by atoms with van der Waals surface area (Å²) < 4.78 is 1.88.